The molecule has 0 atom stereocenters. The number of ether oxygens (including phenoxy) is 4. The van der Waals surface area contributed by atoms with Crippen LogP contribution in [0.1, 0.15) is 15.9 Å². The summed E-state index contributed by atoms with van der Waals surface area (Å²) < 4.78 is 20.2. The molecule has 2 rings (SSSR count). The molecule has 0 heterocycles. The average molecular weight is 330 g/mol. The van der Waals surface area contributed by atoms with Crippen LogP contribution in [0.15, 0.2) is 42.5 Å². The molecule has 0 unspecified atom stereocenters. The van der Waals surface area contributed by atoms with Gasteiger partial charge >= 0.3 is 11.9 Å². The lowest BCUT2D eigenvalue weighted by Crippen LogP contribution is -2.11. The summed E-state index contributed by atoms with van der Waals surface area (Å²) in [5.74, 6) is 0.623. The largest absolute Gasteiger partial charge is 0.493 e. The van der Waals surface area contributed by atoms with Crippen molar-refractivity contribution in [2.24, 2.45) is 0 Å². The molecule has 0 radical (unpaired) electrons. The molecular weight excluding hydrogens is 312 g/mol. The maximum atomic E-state index is 12.0. The maximum absolute atomic E-state index is 12.0. The molecule has 0 amide bonds. The lowest BCUT2D eigenvalue weighted by molar-refractivity contribution is -0.133. The van der Waals surface area contributed by atoms with Crippen LogP contribution < -0.4 is 14.2 Å². The minimum absolute atomic E-state index is 0.0824. The fraction of sp³-hybridized carbons (Fsp3) is 0.222. The molecule has 0 saturated carbocycles. The first-order chi connectivity index (χ1) is 11.6. The van der Waals surface area contributed by atoms with E-state index in [0.29, 0.717) is 22.8 Å². The second-order valence-electron chi connectivity index (χ2n) is 4.86. The van der Waals surface area contributed by atoms with E-state index in [9.17, 15) is 9.59 Å². The summed E-state index contributed by atoms with van der Waals surface area (Å²) in [7, 11) is 4.38. The fourth-order valence-electron chi connectivity index (χ4n) is 2.10. The monoisotopic (exact) mass is 330 g/mol. The molecule has 0 aromatic heterocycles. The van der Waals surface area contributed by atoms with Crippen molar-refractivity contribution in [1.82, 2.24) is 0 Å². The molecule has 0 aliphatic heterocycles. The summed E-state index contributed by atoms with van der Waals surface area (Å²) in [6.07, 6.45) is 0.0824. The highest BCUT2D eigenvalue weighted by molar-refractivity contribution is 5.89. The maximum Gasteiger partial charge on any atom is 0.337 e. The lowest BCUT2D eigenvalue weighted by Gasteiger charge is -2.09. The second kappa shape index (κ2) is 8.01. The van der Waals surface area contributed by atoms with Gasteiger partial charge in [-0.05, 0) is 42.0 Å². The number of benzene rings is 2. The summed E-state index contributed by atoms with van der Waals surface area (Å²) in [6.45, 7) is 0. The van der Waals surface area contributed by atoms with Gasteiger partial charge in [0.2, 0.25) is 0 Å². The number of esters is 2. The number of methoxy groups -OCH3 is 3. The van der Waals surface area contributed by atoms with Gasteiger partial charge in [-0.25, -0.2) is 4.79 Å². The predicted octanol–water partition coefficient (Wildman–Crippen LogP) is 2.64. The van der Waals surface area contributed by atoms with Gasteiger partial charge in [-0.1, -0.05) is 6.07 Å². The van der Waals surface area contributed by atoms with Crippen molar-refractivity contribution in [2.45, 2.75) is 6.42 Å². The van der Waals surface area contributed by atoms with E-state index >= 15 is 0 Å². The summed E-state index contributed by atoms with van der Waals surface area (Å²) in [5, 5.41) is 0. The Bertz CT molecular complexity index is 721. The van der Waals surface area contributed by atoms with E-state index in [-0.39, 0.29) is 6.42 Å². The number of carbonyl (C=O) groups is 2. The molecule has 6 heteroatoms. The zero-order valence-corrected chi connectivity index (χ0v) is 13.7. The van der Waals surface area contributed by atoms with Gasteiger partial charge in [-0.15, -0.1) is 0 Å². The highest BCUT2D eigenvalue weighted by Gasteiger charge is 2.11. The van der Waals surface area contributed by atoms with Crippen LogP contribution in [0.5, 0.6) is 17.2 Å². The molecule has 2 aromatic carbocycles. The third-order valence-electron chi connectivity index (χ3n) is 3.30. The Morgan fingerprint density at radius 1 is 0.875 bits per heavy atom. The zero-order valence-electron chi connectivity index (χ0n) is 13.7. The number of carbonyl (C=O) groups excluding carboxylic acids is 2. The molecule has 0 N–H and O–H groups in total. The molecule has 2 aromatic rings. The minimum atomic E-state index is -0.446. The lowest BCUT2D eigenvalue weighted by atomic mass is 10.1. The Hall–Kier alpha value is -3.02. The third-order valence-corrected chi connectivity index (χ3v) is 3.30. The molecule has 0 bridgehead atoms. The molecule has 126 valence electrons. The third kappa shape index (κ3) is 4.25. The molecule has 0 aliphatic carbocycles. The van der Waals surface area contributed by atoms with Crippen molar-refractivity contribution in [3.8, 4) is 17.2 Å². The van der Waals surface area contributed by atoms with Gasteiger partial charge in [0.25, 0.3) is 0 Å². The van der Waals surface area contributed by atoms with E-state index in [0.717, 1.165) is 5.56 Å². The topological polar surface area (TPSA) is 71.1 Å². The van der Waals surface area contributed by atoms with Crippen LogP contribution in [0, 0.1) is 0 Å². The van der Waals surface area contributed by atoms with Crippen LogP contribution in [-0.4, -0.2) is 33.3 Å². The summed E-state index contributed by atoms with van der Waals surface area (Å²) in [4.78, 5) is 23.4. The van der Waals surface area contributed by atoms with Crippen LogP contribution in [0.4, 0.5) is 0 Å². The smallest absolute Gasteiger partial charge is 0.337 e. The first kappa shape index (κ1) is 17.3. The summed E-state index contributed by atoms with van der Waals surface area (Å²) in [6, 6.07) is 11.4. The summed E-state index contributed by atoms with van der Waals surface area (Å²) >= 11 is 0. The molecule has 0 spiro atoms. The van der Waals surface area contributed by atoms with E-state index in [1.807, 2.05) is 0 Å². The standard InChI is InChI=1S/C18H18O6/c1-21-15-9-4-12(10-16(15)22-2)11-17(19)24-14-7-5-13(6-8-14)18(20)23-3/h4-10H,11H2,1-3H3. The normalized spacial score (nSPS) is 9.96. The van der Waals surface area contributed by atoms with Gasteiger partial charge in [0.1, 0.15) is 5.75 Å². The van der Waals surface area contributed by atoms with Crippen molar-refractivity contribution < 1.29 is 28.5 Å². The van der Waals surface area contributed by atoms with Crippen molar-refractivity contribution in [3.05, 3.63) is 53.6 Å². The van der Waals surface area contributed by atoms with Gasteiger partial charge in [0, 0.05) is 0 Å². The van der Waals surface area contributed by atoms with E-state index < -0.39 is 11.9 Å². The quantitative estimate of drug-likeness (QED) is 0.599. The van der Waals surface area contributed by atoms with E-state index in [2.05, 4.69) is 4.74 Å². The number of rotatable bonds is 6. The SMILES string of the molecule is COC(=O)c1ccc(OC(=O)Cc2ccc(OC)c(OC)c2)cc1. The predicted molar refractivity (Wildman–Crippen MR) is 86.7 cm³/mol. The van der Waals surface area contributed by atoms with Crippen molar-refractivity contribution in [3.63, 3.8) is 0 Å². The average Bonchev–Trinajstić information content (AvgIpc) is 2.61. The number of hydrogen-bond acceptors (Lipinski definition) is 6. The first-order valence-corrected chi connectivity index (χ1v) is 7.17. The van der Waals surface area contributed by atoms with E-state index in [1.165, 1.54) is 26.4 Å². The highest BCUT2D eigenvalue weighted by Crippen LogP contribution is 2.27. The fourth-order valence-corrected chi connectivity index (χ4v) is 2.10. The molecule has 0 saturated heterocycles. The Kier molecular flexibility index (Phi) is 5.78. The molecule has 0 aliphatic rings. The van der Waals surface area contributed by atoms with Crippen LogP contribution in [-0.2, 0) is 16.0 Å². The van der Waals surface area contributed by atoms with Gasteiger partial charge < -0.3 is 18.9 Å². The van der Waals surface area contributed by atoms with Crippen LogP contribution in [0.25, 0.3) is 0 Å². The number of hydrogen-bond donors (Lipinski definition) is 0. The Labute approximate surface area is 139 Å². The molecule has 0 fully saturated rings. The molecular formula is C18H18O6. The van der Waals surface area contributed by atoms with Crippen LogP contribution in [0.2, 0.25) is 0 Å². The van der Waals surface area contributed by atoms with E-state index in [4.69, 9.17) is 14.2 Å². The van der Waals surface area contributed by atoms with Crippen molar-refractivity contribution >= 4 is 11.9 Å². The zero-order chi connectivity index (χ0) is 17.5. The van der Waals surface area contributed by atoms with Crippen molar-refractivity contribution in [2.75, 3.05) is 21.3 Å². The molecule has 24 heavy (non-hydrogen) atoms. The first-order valence-electron chi connectivity index (χ1n) is 7.17. The Balaban J connectivity index is 2.01. The van der Waals surface area contributed by atoms with Gasteiger partial charge in [-0.2, -0.15) is 0 Å². The Morgan fingerprint density at radius 2 is 1.54 bits per heavy atom. The van der Waals surface area contributed by atoms with E-state index in [1.54, 1.807) is 37.4 Å². The van der Waals surface area contributed by atoms with Gasteiger partial charge in [0.05, 0.1) is 33.3 Å². The van der Waals surface area contributed by atoms with Crippen molar-refractivity contribution in [1.29, 1.82) is 0 Å². The highest BCUT2D eigenvalue weighted by atomic mass is 16.5. The van der Waals surface area contributed by atoms with Gasteiger partial charge in [-0.3, -0.25) is 4.79 Å². The summed E-state index contributed by atoms with van der Waals surface area (Å²) in [5.41, 5.74) is 1.13. The molecule has 6 nitrogen and oxygen atoms in total. The van der Waals surface area contributed by atoms with Crippen LogP contribution >= 0.6 is 0 Å². The Morgan fingerprint density at radius 3 is 2.12 bits per heavy atom. The van der Waals surface area contributed by atoms with Crippen LogP contribution in [0.3, 0.4) is 0 Å². The van der Waals surface area contributed by atoms with Gasteiger partial charge in [0.15, 0.2) is 11.5 Å². The minimum Gasteiger partial charge on any atom is -0.493 e. The second-order valence-corrected chi connectivity index (χ2v) is 4.86.